The standard InChI is InChI=1S/C38H26N2/c1-3-37(40-38-20-12-11-16-32(38)26(2)28-13-5-4-6-14-28)31-22-27(25-39)21-30(23-31)36-24-29-15-7-8-17-33(29)34-18-9-10-19-35(34)36/h3-24H,1-2H2. The van der Waals surface area contributed by atoms with Gasteiger partial charge < -0.3 is 0 Å². The van der Waals surface area contributed by atoms with Gasteiger partial charge in [-0.25, -0.2) is 4.99 Å². The van der Waals surface area contributed by atoms with Crippen LogP contribution in [0.15, 0.2) is 152 Å². The van der Waals surface area contributed by atoms with Gasteiger partial charge in [-0.1, -0.05) is 110 Å². The summed E-state index contributed by atoms with van der Waals surface area (Å²) >= 11 is 0. The van der Waals surface area contributed by atoms with E-state index in [9.17, 15) is 5.26 Å². The predicted octanol–water partition coefficient (Wildman–Crippen LogP) is 9.90. The lowest BCUT2D eigenvalue weighted by molar-refractivity contribution is 1.44. The molecule has 0 unspecified atom stereocenters. The van der Waals surface area contributed by atoms with Crippen LogP contribution in [0.3, 0.4) is 0 Å². The molecule has 0 atom stereocenters. The Morgan fingerprint density at radius 2 is 1.35 bits per heavy atom. The maximum Gasteiger partial charge on any atom is 0.0992 e. The first-order valence-electron chi connectivity index (χ1n) is 13.2. The van der Waals surface area contributed by atoms with Crippen molar-refractivity contribution in [3.05, 3.63) is 169 Å². The van der Waals surface area contributed by atoms with Crippen molar-refractivity contribution in [1.29, 1.82) is 5.26 Å². The summed E-state index contributed by atoms with van der Waals surface area (Å²) in [6.45, 7) is 8.44. The number of para-hydroxylation sites is 1. The second-order valence-electron chi connectivity index (χ2n) is 9.66. The van der Waals surface area contributed by atoms with Crippen LogP contribution >= 0.6 is 0 Å². The SMILES string of the molecule is C=CC(=Nc1ccccc1C(=C)c1ccccc1)c1cc(C#N)cc(-c2cc3ccccc3c3ccccc23)c1. The molecule has 0 N–H and O–H groups in total. The van der Waals surface area contributed by atoms with E-state index < -0.39 is 0 Å². The molecule has 40 heavy (non-hydrogen) atoms. The van der Waals surface area contributed by atoms with Crippen LogP contribution in [0.2, 0.25) is 0 Å². The lowest BCUT2D eigenvalue weighted by Crippen LogP contribution is -1.99. The van der Waals surface area contributed by atoms with Gasteiger partial charge in [-0.15, -0.1) is 0 Å². The molecule has 188 valence electrons. The van der Waals surface area contributed by atoms with Crippen molar-refractivity contribution in [1.82, 2.24) is 0 Å². The van der Waals surface area contributed by atoms with Gasteiger partial charge in [-0.3, -0.25) is 0 Å². The number of aliphatic imine (C=N–C) groups is 1. The highest BCUT2D eigenvalue weighted by Gasteiger charge is 2.13. The van der Waals surface area contributed by atoms with E-state index in [2.05, 4.69) is 79.9 Å². The molecule has 0 heterocycles. The molecule has 0 aromatic heterocycles. The number of nitriles is 1. The minimum atomic E-state index is 0.571. The Morgan fingerprint density at radius 1 is 0.675 bits per heavy atom. The number of fused-ring (bicyclic) bond motifs is 3. The van der Waals surface area contributed by atoms with Gasteiger partial charge in [0, 0.05) is 11.1 Å². The minimum absolute atomic E-state index is 0.571. The Kier molecular flexibility index (Phi) is 6.63. The van der Waals surface area contributed by atoms with Crippen LogP contribution in [-0.2, 0) is 0 Å². The largest absolute Gasteiger partial charge is 0.248 e. The minimum Gasteiger partial charge on any atom is -0.248 e. The van der Waals surface area contributed by atoms with Crippen LogP contribution in [-0.4, -0.2) is 5.71 Å². The normalized spacial score (nSPS) is 11.3. The molecule has 6 rings (SSSR count). The van der Waals surface area contributed by atoms with Gasteiger partial charge >= 0.3 is 0 Å². The molecule has 6 aromatic rings. The second kappa shape index (κ2) is 10.7. The number of allylic oxidation sites excluding steroid dienone is 1. The van der Waals surface area contributed by atoms with Crippen molar-refractivity contribution in [2.24, 2.45) is 4.99 Å². The first kappa shape index (κ1) is 24.8. The molecule has 0 radical (unpaired) electrons. The van der Waals surface area contributed by atoms with Crippen molar-refractivity contribution >= 4 is 38.5 Å². The van der Waals surface area contributed by atoms with Crippen molar-refractivity contribution < 1.29 is 0 Å². The molecule has 6 aromatic carbocycles. The summed E-state index contributed by atoms with van der Waals surface area (Å²) in [4.78, 5) is 5.04. The zero-order chi connectivity index (χ0) is 27.5. The highest BCUT2D eigenvalue weighted by molar-refractivity contribution is 6.15. The Hall–Kier alpha value is -5.52. The first-order chi connectivity index (χ1) is 19.7. The molecule has 0 bridgehead atoms. The first-order valence-corrected chi connectivity index (χ1v) is 13.2. The fourth-order valence-corrected chi connectivity index (χ4v) is 5.27. The lowest BCUT2D eigenvalue weighted by atomic mass is 9.91. The van der Waals surface area contributed by atoms with Crippen LogP contribution < -0.4 is 0 Å². The molecule has 0 saturated carbocycles. The zero-order valence-corrected chi connectivity index (χ0v) is 22.0. The molecule has 0 aliphatic rings. The van der Waals surface area contributed by atoms with Gasteiger partial charge in [0.25, 0.3) is 0 Å². The molecule has 0 fully saturated rings. The van der Waals surface area contributed by atoms with Crippen LogP contribution in [0.1, 0.15) is 22.3 Å². The summed E-state index contributed by atoms with van der Waals surface area (Å²) in [7, 11) is 0. The molecule has 0 saturated heterocycles. The number of benzene rings is 6. The maximum atomic E-state index is 9.98. The van der Waals surface area contributed by atoms with Crippen molar-refractivity contribution in [2.45, 2.75) is 0 Å². The molecule has 0 amide bonds. The quantitative estimate of drug-likeness (QED) is 0.162. The number of rotatable bonds is 6. The van der Waals surface area contributed by atoms with Crippen LogP contribution in [0.5, 0.6) is 0 Å². The van der Waals surface area contributed by atoms with Gasteiger partial charge in [-0.05, 0) is 80.2 Å². The highest BCUT2D eigenvalue weighted by atomic mass is 14.7. The zero-order valence-electron chi connectivity index (χ0n) is 22.0. The Bertz CT molecular complexity index is 1990. The van der Waals surface area contributed by atoms with Crippen molar-refractivity contribution in [2.75, 3.05) is 0 Å². The predicted molar refractivity (Wildman–Crippen MR) is 169 cm³/mol. The van der Waals surface area contributed by atoms with Gasteiger partial charge in [-0.2, -0.15) is 5.26 Å². The highest BCUT2D eigenvalue weighted by Crippen LogP contribution is 2.36. The molecule has 0 spiro atoms. The van der Waals surface area contributed by atoms with E-state index in [1.807, 2.05) is 66.7 Å². The average molecular weight is 511 g/mol. The molecule has 0 aliphatic carbocycles. The monoisotopic (exact) mass is 510 g/mol. The maximum absolute atomic E-state index is 9.98. The van der Waals surface area contributed by atoms with E-state index in [1.54, 1.807) is 6.08 Å². The Morgan fingerprint density at radius 3 is 2.12 bits per heavy atom. The average Bonchev–Trinajstić information content (AvgIpc) is 3.03. The van der Waals surface area contributed by atoms with E-state index in [0.29, 0.717) is 11.3 Å². The van der Waals surface area contributed by atoms with Gasteiger partial charge in [0.15, 0.2) is 0 Å². The van der Waals surface area contributed by atoms with E-state index in [4.69, 9.17) is 4.99 Å². The fraction of sp³-hybridized carbons (Fsp3) is 0. The number of nitrogens with zero attached hydrogens (tertiary/aromatic N) is 2. The smallest absolute Gasteiger partial charge is 0.0992 e. The second-order valence-corrected chi connectivity index (χ2v) is 9.66. The summed E-state index contributed by atoms with van der Waals surface area (Å²) in [5.41, 5.74) is 7.83. The third-order valence-electron chi connectivity index (χ3n) is 7.22. The molecular weight excluding hydrogens is 484 g/mol. The number of hydrogen-bond donors (Lipinski definition) is 0. The summed E-state index contributed by atoms with van der Waals surface area (Å²) in [6, 6.07) is 45.4. The van der Waals surface area contributed by atoms with E-state index >= 15 is 0 Å². The van der Waals surface area contributed by atoms with Gasteiger partial charge in [0.1, 0.15) is 0 Å². The van der Waals surface area contributed by atoms with E-state index in [-0.39, 0.29) is 0 Å². The fourth-order valence-electron chi connectivity index (χ4n) is 5.27. The topological polar surface area (TPSA) is 36.1 Å². The summed E-state index contributed by atoms with van der Waals surface area (Å²) in [6.07, 6.45) is 1.75. The van der Waals surface area contributed by atoms with Crippen molar-refractivity contribution in [3.63, 3.8) is 0 Å². The summed E-state index contributed by atoms with van der Waals surface area (Å²) in [5, 5.41) is 14.7. The Labute approximate surface area is 234 Å². The molecule has 2 heteroatoms. The van der Waals surface area contributed by atoms with Crippen LogP contribution in [0.25, 0.3) is 38.2 Å². The Balaban J connectivity index is 1.52. The molecule has 0 aliphatic heterocycles. The summed E-state index contributed by atoms with van der Waals surface area (Å²) in [5.74, 6) is 0. The molecule has 2 nitrogen and oxygen atoms in total. The van der Waals surface area contributed by atoms with E-state index in [1.165, 1.54) is 10.8 Å². The third kappa shape index (κ3) is 4.62. The third-order valence-corrected chi connectivity index (χ3v) is 7.22. The van der Waals surface area contributed by atoms with Gasteiger partial charge in [0.05, 0.1) is 23.0 Å². The van der Waals surface area contributed by atoms with Gasteiger partial charge in [0.2, 0.25) is 0 Å². The number of hydrogen-bond acceptors (Lipinski definition) is 2. The van der Waals surface area contributed by atoms with Crippen LogP contribution in [0, 0.1) is 11.3 Å². The molecular formula is C38H26N2. The summed E-state index contributed by atoms with van der Waals surface area (Å²) < 4.78 is 0. The van der Waals surface area contributed by atoms with Crippen LogP contribution in [0.4, 0.5) is 5.69 Å². The van der Waals surface area contributed by atoms with E-state index in [0.717, 1.165) is 49.9 Å². The van der Waals surface area contributed by atoms with Crippen molar-refractivity contribution in [3.8, 4) is 17.2 Å². The lowest BCUT2D eigenvalue weighted by Gasteiger charge is -2.14.